The summed E-state index contributed by atoms with van der Waals surface area (Å²) < 4.78 is 44.5. The van der Waals surface area contributed by atoms with E-state index in [1.807, 2.05) is 30.5 Å². The van der Waals surface area contributed by atoms with E-state index in [0.717, 1.165) is 41.4 Å². The van der Waals surface area contributed by atoms with Crippen LogP contribution in [-0.2, 0) is 23.9 Å². The molecule has 0 unspecified atom stereocenters. The summed E-state index contributed by atoms with van der Waals surface area (Å²) in [7, 11) is 1.53. The zero-order valence-electron chi connectivity index (χ0n) is 22.1. The number of carbonyl (C=O) groups excluding carboxylic acids is 2. The molecule has 0 spiro atoms. The van der Waals surface area contributed by atoms with E-state index in [-0.39, 0.29) is 30.9 Å². The van der Waals surface area contributed by atoms with Crippen LogP contribution in [0.1, 0.15) is 39.9 Å². The first kappa shape index (κ1) is 27.3. The van der Waals surface area contributed by atoms with E-state index < -0.39 is 11.7 Å². The van der Waals surface area contributed by atoms with Crippen molar-refractivity contribution in [3.05, 3.63) is 101 Å². The zero-order chi connectivity index (χ0) is 28.3. The zero-order valence-corrected chi connectivity index (χ0v) is 22.1. The Bertz CT molecular complexity index is 1490. The molecule has 9 heteroatoms. The Hall–Kier alpha value is -4.27. The fourth-order valence-corrected chi connectivity index (χ4v) is 4.83. The minimum Gasteiger partial charge on any atom is -0.497 e. The molecule has 0 radical (unpaired) electrons. The van der Waals surface area contributed by atoms with Crippen LogP contribution in [0.3, 0.4) is 0 Å². The number of hydrogen-bond acceptors (Lipinski definition) is 3. The number of aromatic amines is 1. The Kier molecular flexibility index (Phi) is 7.82. The summed E-state index contributed by atoms with van der Waals surface area (Å²) in [5.41, 5.74) is 2.30. The molecule has 2 amide bonds. The highest BCUT2D eigenvalue weighted by Crippen LogP contribution is 2.30. The fourth-order valence-electron chi connectivity index (χ4n) is 4.83. The maximum absolute atomic E-state index is 13.7. The number of fused-ring (bicyclic) bond motifs is 1. The SMILES string of the molecule is COc1cccc(C(=O)N(CC(=O)N(CCc2c[nH]c3ccccc23)Cc2ccc(C(F)(F)F)cc2)C2CC2)c1. The molecule has 40 heavy (non-hydrogen) atoms. The summed E-state index contributed by atoms with van der Waals surface area (Å²) in [5.74, 6) is 0.0410. The van der Waals surface area contributed by atoms with E-state index in [2.05, 4.69) is 4.98 Å². The molecule has 1 aliphatic rings. The van der Waals surface area contributed by atoms with Gasteiger partial charge in [-0.1, -0.05) is 36.4 Å². The van der Waals surface area contributed by atoms with Crippen LogP contribution >= 0.6 is 0 Å². The van der Waals surface area contributed by atoms with Crippen molar-refractivity contribution in [3.8, 4) is 5.75 Å². The molecule has 1 saturated carbocycles. The van der Waals surface area contributed by atoms with Crippen molar-refractivity contribution >= 4 is 22.7 Å². The molecule has 0 saturated heterocycles. The third kappa shape index (κ3) is 6.30. The van der Waals surface area contributed by atoms with Gasteiger partial charge in [0.05, 0.1) is 12.7 Å². The topological polar surface area (TPSA) is 65.6 Å². The molecule has 0 atom stereocenters. The highest BCUT2D eigenvalue weighted by atomic mass is 19.4. The molecule has 1 heterocycles. The van der Waals surface area contributed by atoms with Crippen molar-refractivity contribution in [2.45, 2.75) is 38.0 Å². The monoisotopic (exact) mass is 549 g/mol. The number of alkyl halides is 3. The second-order valence-electron chi connectivity index (χ2n) is 10.0. The molecular weight excluding hydrogens is 519 g/mol. The van der Waals surface area contributed by atoms with Gasteiger partial charge >= 0.3 is 6.18 Å². The molecule has 1 fully saturated rings. The number of amides is 2. The van der Waals surface area contributed by atoms with Crippen molar-refractivity contribution in [2.24, 2.45) is 0 Å². The lowest BCUT2D eigenvalue weighted by Gasteiger charge is -2.28. The number of rotatable bonds is 10. The minimum atomic E-state index is -4.44. The van der Waals surface area contributed by atoms with Gasteiger partial charge in [-0.15, -0.1) is 0 Å². The smallest absolute Gasteiger partial charge is 0.416 e. The first-order valence-electron chi connectivity index (χ1n) is 13.2. The molecule has 3 aromatic carbocycles. The van der Waals surface area contributed by atoms with Crippen LogP contribution in [0.15, 0.2) is 79.0 Å². The molecule has 1 N–H and O–H groups in total. The van der Waals surface area contributed by atoms with E-state index in [9.17, 15) is 22.8 Å². The molecule has 4 aromatic rings. The normalized spacial score (nSPS) is 13.3. The molecule has 0 bridgehead atoms. The molecule has 6 nitrogen and oxygen atoms in total. The van der Waals surface area contributed by atoms with Gasteiger partial charge in [0.25, 0.3) is 5.91 Å². The van der Waals surface area contributed by atoms with E-state index in [4.69, 9.17) is 4.74 Å². The lowest BCUT2D eigenvalue weighted by atomic mass is 10.1. The van der Waals surface area contributed by atoms with Crippen LogP contribution in [0.25, 0.3) is 10.9 Å². The van der Waals surface area contributed by atoms with Crippen molar-refractivity contribution in [1.29, 1.82) is 0 Å². The number of methoxy groups -OCH3 is 1. The van der Waals surface area contributed by atoms with Crippen LogP contribution < -0.4 is 4.74 Å². The highest BCUT2D eigenvalue weighted by molar-refractivity contribution is 5.97. The number of halogens is 3. The van der Waals surface area contributed by atoms with Crippen LogP contribution in [0.2, 0.25) is 0 Å². The Balaban J connectivity index is 1.36. The number of carbonyl (C=O) groups is 2. The number of nitrogens with zero attached hydrogens (tertiary/aromatic N) is 2. The first-order chi connectivity index (χ1) is 19.2. The molecule has 5 rings (SSSR count). The molecular formula is C31H30F3N3O3. The third-order valence-electron chi connectivity index (χ3n) is 7.20. The van der Waals surface area contributed by atoms with Crippen molar-refractivity contribution in [2.75, 3.05) is 20.2 Å². The second-order valence-corrected chi connectivity index (χ2v) is 10.0. The predicted molar refractivity (Wildman–Crippen MR) is 146 cm³/mol. The quantitative estimate of drug-likeness (QED) is 0.261. The molecule has 0 aliphatic heterocycles. The highest BCUT2D eigenvalue weighted by Gasteiger charge is 2.35. The van der Waals surface area contributed by atoms with Crippen molar-refractivity contribution in [3.63, 3.8) is 0 Å². The number of para-hydroxylation sites is 1. The first-order valence-corrected chi connectivity index (χ1v) is 13.2. The summed E-state index contributed by atoms with van der Waals surface area (Å²) >= 11 is 0. The van der Waals surface area contributed by atoms with Gasteiger partial charge in [-0.05, 0) is 66.8 Å². The predicted octanol–water partition coefficient (Wildman–Crippen LogP) is 6.07. The fraction of sp³-hybridized carbons (Fsp3) is 0.290. The molecule has 1 aliphatic carbocycles. The van der Waals surface area contributed by atoms with Crippen LogP contribution in [-0.4, -0.2) is 52.8 Å². The van der Waals surface area contributed by atoms with Gasteiger partial charge in [0.2, 0.25) is 5.91 Å². The largest absolute Gasteiger partial charge is 0.497 e. The Labute approximate surface area is 230 Å². The van der Waals surface area contributed by atoms with Crippen molar-refractivity contribution in [1.82, 2.24) is 14.8 Å². The van der Waals surface area contributed by atoms with E-state index >= 15 is 0 Å². The Morgan fingerprint density at radius 2 is 1.75 bits per heavy atom. The maximum atomic E-state index is 13.7. The van der Waals surface area contributed by atoms with Gasteiger partial charge in [0.1, 0.15) is 12.3 Å². The standard InChI is InChI=1S/C31H30F3N3O3/c1-40-26-6-4-5-22(17-26)30(39)37(25-13-14-25)20-29(38)36(19-21-9-11-24(12-10-21)31(32,33)34)16-15-23-18-35-28-8-3-2-7-27(23)28/h2-12,17-18,25,35H,13-16,19-20H2,1H3. The summed E-state index contributed by atoms with van der Waals surface area (Å²) in [6.45, 7) is 0.355. The lowest BCUT2D eigenvalue weighted by Crippen LogP contribution is -2.44. The van der Waals surface area contributed by atoms with Gasteiger partial charge in [0, 0.05) is 41.8 Å². The average molecular weight is 550 g/mol. The Morgan fingerprint density at radius 1 is 1.00 bits per heavy atom. The molecule has 208 valence electrons. The number of aromatic nitrogens is 1. The van der Waals surface area contributed by atoms with E-state index in [1.54, 1.807) is 34.1 Å². The van der Waals surface area contributed by atoms with Gasteiger partial charge < -0.3 is 19.5 Å². The van der Waals surface area contributed by atoms with Crippen LogP contribution in [0, 0.1) is 0 Å². The van der Waals surface area contributed by atoms with E-state index in [1.165, 1.54) is 19.2 Å². The minimum absolute atomic E-state index is 0.0239. The van der Waals surface area contributed by atoms with Crippen LogP contribution in [0.4, 0.5) is 13.2 Å². The Morgan fingerprint density at radius 3 is 2.45 bits per heavy atom. The van der Waals surface area contributed by atoms with Gasteiger partial charge in [-0.25, -0.2) is 0 Å². The lowest BCUT2D eigenvalue weighted by molar-refractivity contribution is -0.137. The summed E-state index contributed by atoms with van der Waals surface area (Å²) in [6.07, 6.45) is -0.346. The third-order valence-corrected chi connectivity index (χ3v) is 7.20. The summed E-state index contributed by atoms with van der Waals surface area (Å²) in [5, 5.41) is 1.05. The number of hydrogen-bond donors (Lipinski definition) is 1. The van der Waals surface area contributed by atoms with Gasteiger partial charge in [-0.3, -0.25) is 9.59 Å². The van der Waals surface area contributed by atoms with Gasteiger partial charge in [-0.2, -0.15) is 13.2 Å². The summed E-state index contributed by atoms with van der Waals surface area (Å²) in [6, 6.07) is 19.5. The summed E-state index contributed by atoms with van der Waals surface area (Å²) in [4.78, 5) is 33.6. The van der Waals surface area contributed by atoms with E-state index in [0.29, 0.717) is 29.8 Å². The number of H-pyrrole nitrogens is 1. The molecule has 1 aromatic heterocycles. The number of benzene rings is 3. The van der Waals surface area contributed by atoms with Gasteiger partial charge in [0.15, 0.2) is 0 Å². The van der Waals surface area contributed by atoms with Crippen LogP contribution in [0.5, 0.6) is 5.75 Å². The maximum Gasteiger partial charge on any atom is 0.416 e. The number of ether oxygens (including phenoxy) is 1. The number of nitrogens with one attached hydrogen (secondary N) is 1. The second kappa shape index (κ2) is 11.5. The van der Waals surface area contributed by atoms with Crippen molar-refractivity contribution < 1.29 is 27.5 Å². The average Bonchev–Trinajstić information content (AvgIpc) is 3.72.